The van der Waals surface area contributed by atoms with E-state index < -0.39 is 42.8 Å². The van der Waals surface area contributed by atoms with E-state index in [4.69, 9.17) is 9.16 Å². The standard InChI is InChI=1S/C37H43NO4SSi/c1-7-17-34(42-44(37(4,5)6,32-20-13-9-14-21-32)33-22-15-10-16-23-33)36-38(43(39,40)31-26-24-28(2)25-27-31)29(3)35(41-36)30-18-11-8-12-19-30/h7-27,29,34-36H,1-6H3/b17-7+/t29-,34-,35-,36+/m0/s1. The fourth-order valence-corrected chi connectivity index (χ4v) is 12.7. The first-order chi connectivity index (χ1) is 21.0. The van der Waals surface area contributed by atoms with E-state index in [-0.39, 0.29) is 9.93 Å². The Balaban J connectivity index is 1.70. The Kier molecular flexibility index (Phi) is 9.44. The van der Waals surface area contributed by atoms with Gasteiger partial charge in [0.05, 0.1) is 10.9 Å². The van der Waals surface area contributed by atoms with Crippen LogP contribution in [-0.4, -0.2) is 39.4 Å². The number of allylic oxidation sites excluding steroid dienone is 1. The van der Waals surface area contributed by atoms with Gasteiger partial charge in [-0.2, -0.15) is 4.31 Å². The molecule has 0 amide bonds. The number of rotatable bonds is 9. The molecule has 1 aliphatic rings. The van der Waals surface area contributed by atoms with E-state index in [0.29, 0.717) is 0 Å². The summed E-state index contributed by atoms with van der Waals surface area (Å²) in [6.07, 6.45) is 1.82. The van der Waals surface area contributed by atoms with Gasteiger partial charge in [0.2, 0.25) is 10.0 Å². The van der Waals surface area contributed by atoms with Crippen LogP contribution in [0.15, 0.2) is 132 Å². The fraction of sp³-hybridized carbons (Fsp3) is 0.297. The van der Waals surface area contributed by atoms with Gasteiger partial charge in [-0.1, -0.05) is 142 Å². The lowest BCUT2D eigenvalue weighted by Gasteiger charge is -2.46. The van der Waals surface area contributed by atoms with Crippen molar-refractivity contribution in [2.45, 2.75) is 76.0 Å². The molecule has 1 aliphatic heterocycles. The van der Waals surface area contributed by atoms with Gasteiger partial charge in [0.15, 0.2) is 6.23 Å². The van der Waals surface area contributed by atoms with Gasteiger partial charge < -0.3 is 9.16 Å². The third-order valence-electron chi connectivity index (χ3n) is 8.49. The van der Waals surface area contributed by atoms with Crippen molar-refractivity contribution in [2.24, 2.45) is 0 Å². The van der Waals surface area contributed by atoms with Crippen LogP contribution in [0.3, 0.4) is 0 Å². The van der Waals surface area contributed by atoms with Gasteiger partial charge in [-0.15, -0.1) is 0 Å². The molecule has 0 bridgehead atoms. The third-order valence-corrected chi connectivity index (χ3v) is 15.5. The lowest BCUT2D eigenvalue weighted by atomic mass is 10.0. The van der Waals surface area contributed by atoms with Crippen molar-refractivity contribution in [1.29, 1.82) is 0 Å². The molecule has 4 aromatic rings. The maximum Gasteiger partial charge on any atom is 0.262 e. The normalized spacial score (nSPS) is 20.6. The minimum Gasteiger partial charge on any atom is -0.397 e. The number of ether oxygens (including phenoxy) is 1. The van der Waals surface area contributed by atoms with Crippen LogP contribution in [-0.2, 0) is 19.2 Å². The van der Waals surface area contributed by atoms with Crippen LogP contribution in [0.4, 0.5) is 0 Å². The van der Waals surface area contributed by atoms with Crippen LogP contribution in [0.5, 0.6) is 0 Å². The summed E-state index contributed by atoms with van der Waals surface area (Å²) in [6, 6.07) is 37.2. The van der Waals surface area contributed by atoms with E-state index in [0.717, 1.165) is 21.5 Å². The number of aryl methyl sites for hydroxylation is 1. The molecule has 1 fully saturated rings. The van der Waals surface area contributed by atoms with Gasteiger partial charge in [0.25, 0.3) is 8.32 Å². The Morgan fingerprint density at radius 2 is 1.32 bits per heavy atom. The zero-order chi connectivity index (χ0) is 31.5. The van der Waals surface area contributed by atoms with Crippen LogP contribution < -0.4 is 10.4 Å². The first-order valence-corrected chi connectivity index (χ1v) is 18.6. The van der Waals surface area contributed by atoms with Crippen molar-refractivity contribution in [2.75, 3.05) is 0 Å². The smallest absolute Gasteiger partial charge is 0.262 e. The molecule has 0 radical (unpaired) electrons. The molecule has 0 saturated carbocycles. The van der Waals surface area contributed by atoms with Gasteiger partial charge >= 0.3 is 0 Å². The Bertz CT molecular complexity index is 1610. The van der Waals surface area contributed by atoms with Crippen LogP contribution >= 0.6 is 0 Å². The summed E-state index contributed by atoms with van der Waals surface area (Å²) in [5.74, 6) is 0. The zero-order valence-electron chi connectivity index (χ0n) is 26.4. The molecule has 4 atom stereocenters. The summed E-state index contributed by atoms with van der Waals surface area (Å²) in [4.78, 5) is 0.238. The van der Waals surface area contributed by atoms with E-state index in [1.54, 1.807) is 12.1 Å². The van der Waals surface area contributed by atoms with Crippen molar-refractivity contribution >= 4 is 28.7 Å². The lowest BCUT2D eigenvalue weighted by Crippen LogP contribution is -2.69. The van der Waals surface area contributed by atoms with Gasteiger partial charge in [-0.05, 0) is 53.9 Å². The van der Waals surface area contributed by atoms with Gasteiger partial charge in [-0.25, -0.2) is 8.42 Å². The molecule has 7 heteroatoms. The molecule has 44 heavy (non-hydrogen) atoms. The highest BCUT2D eigenvalue weighted by Gasteiger charge is 2.56. The first kappa shape index (κ1) is 32.1. The lowest BCUT2D eigenvalue weighted by molar-refractivity contribution is -0.0377. The summed E-state index contributed by atoms with van der Waals surface area (Å²) in [7, 11) is -7.04. The molecule has 0 spiro atoms. The summed E-state index contributed by atoms with van der Waals surface area (Å²) < 4.78 is 45.0. The van der Waals surface area contributed by atoms with Gasteiger partial charge in [-0.3, -0.25) is 0 Å². The van der Waals surface area contributed by atoms with E-state index in [1.807, 2.05) is 112 Å². The summed E-state index contributed by atoms with van der Waals surface area (Å²) >= 11 is 0. The second-order valence-electron chi connectivity index (χ2n) is 12.5. The van der Waals surface area contributed by atoms with Crippen LogP contribution in [0.1, 0.15) is 51.8 Å². The van der Waals surface area contributed by atoms with Gasteiger partial charge in [0, 0.05) is 0 Å². The Morgan fingerprint density at radius 3 is 1.80 bits per heavy atom. The predicted molar refractivity (Wildman–Crippen MR) is 181 cm³/mol. The summed E-state index contributed by atoms with van der Waals surface area (Å²) in [6.45, 7) is 12.5. The highest BCUT2D eigenvalue weighted by molar-refractivity contribution is 7.89. The molecule has 0 aliphatic carbocycles. The van der Waals surface area contributed by atoms with Crippen molar-refractivity contribution < 1.29 is 17.6 Å². The largest absolute Gasteiger partial charge is 0.397 e. The Morgan fingerprint density at radius 1 is 0.818 bits per heavy atom. The maximum absolute atomic E-state index is 14.5. The second-order valence-corrected chi connectivity index (χ2v) is 18.6. The Hall–Kier alpha value is -3.33. The molecule has 0 aromatic heterocycles. The van der Waals surface area contributed by atoms with E-state index in [2.05, 4.69) is 45.0 Å². The van der Waals surface area contributed by atoms with Crippen molar-refractivity contribution in [1.82, 2.24) is 4.31 Å². The average molecular weight is 626 g/mol. The summed E-state index contributed by atoms with van der Waals surface area (Å²) in [5.41, 5.74) is 1.92. The van der Waals surface area contributed by atoms with Crippen molar-refractivity contribution in [3.05, 3.63) is 139 Å². The Labute approximate surface area is 264 Å². The minimum atomic E-state index is -3.97. The number of nitrogens with zero attached hydrogens (tertiary/aromatic N) is 1. The molecular weight excluding hydrogens is 583 g/mol. The quantitative estimate of drug-likeness (QED) is 0.149. The molecule has 1 heterocycles. The zero-order valence-corrected chi connectivity index (χ0v) is 28.2. The molecule has 5 nitrogen and oxygen atoms in total. The highest BCUT2D eigenvalue weighted by Crippen LogP contribution is 2.43. The molecule has 4 aromatic carbocycles. The third kappa shape index (κ3) is 5.99. The SMILES string of the molecule is C/C=C/[C@H](O[Si](c1ccccc1)(c1ccccc1)C(C)(C)C)[C@H]1O[C@H](c2ccccc2)[C@H](C)N1S(=O)(=O)c1ccc(C)cc1. The van der Waals surface area contributed by atoms with Crippen LogP contribution in [0.25, 0.3) is 0 Å². The molecule has 0 unspecified atom stereocenters. The number of sulfonamides is 1. The molecular formula is C37H43NO4SSi. The van der Waals surface area contributed by atoms with E-state index >= 15 is 0 Å². The topological polar surface area (TPSA) is 55.8 Å². The monoisotopic (exact) mass is 625 g/mol. The number of hydrogen-bond acceptors (Lipinski definition) is 4. The fourth-order valence-electron chi connectivity index (χ4n) is 6.38. The summed E-state index contributed by atoms with van der Waals surface area (Å²) in [5, 5.41) is 1.93. The highest BCUT2D eigenvalue weighted by atomic mass is 32.2. The van der Waals surface area contributed by atoms with Crippen molar-refractivity contribution in [3.8, 4) is 0 Å². The minimum absolute atomic E-state index is 0.238. The van der Waals surface area contributed by atoms with E-state index in [1.165, 1.54) is 4.31 Å². The van der Waals surface area contributed by atoms with Crippen LogP contribution in [0, 0.1) is 6.92 Å². The first-order valence-electron chi connectivity index (χ1n) is 15.2. The molecule has 1 saturated heterocycles. The number of benzene rings is 4. The average Bonchev–Trinajstić information content (AvgIpc) is 3.38. The molecule has 230 valence electrons. The van der Waals surface area contributed by atoms with E-state index in [9.17, 15) is 8.42 Å². The maximum atomic E-state index is 14.5. The number of hydrogen-bond donors (Lipinski definition) is 0. The van der Waals surface area contributed by atoms with Crippen molar-refractivity contribution in [3.63, 3.8) is 0 Å². The molecule has 5 rings (SSSR count). The second kappa shape index (κ2) is 13.0. The van der Waals surface area contributed by atoms with Crippen LogP contribution in [0.2, 0.25) is 5.04 Å². The van der Waals surface area contributed by atoms with Gasteiger partial charge in [0.1, 0.15) is 12.2 Å². The molecule has 0 N–H and O–H groups in total. The predicted octanol–water partition coefficient (Wildman–Crippen LogP) is 6.99.